The van der Waals surface area contributed by atoms with Crippen LogP contribution in [0.15, 0.2) is 53.2 Å². The van der Waals surface area contributed by atoms with Crippen LogP contribution in [0.25, 0.3) is 10.9 Å². The van der Waals surface area contributed by atoms with Gasteiger partial charge in [0, 0.05) is 41.5 Å². The normalized spacial score (nSPS) is 12.2. The van der Waals surface area contributed by atoms with Crippen molar-refractivity contribution in [3.05, 3.63) is 75.0 Å². The number of amides is 1. The van der Waals surface area contributed by atoms with Crippen LogP contribution in [0, 0.1) is 6.92 Å². The molecule has 0 fully saturated rings. The van der Waals surface area contributed by atoms with E-state index >= 15 is 0 Å². The number of aliphatic imine (C=N–C) groups is 1. The van der Waals surface area contributed by atoms with Crippen LogP contribution in [0.1, 0.15) is 28.5 Å². The second-order valence-electron chi connectivity index (χ2n) is 7.41. The second-order valence-corrected chi connectivity index (χ2v) is 8.23. The Morgan fingerprint density at radius 3 is 2.45 bits per heavy atom. The van der Waals surface area contributed by atoms with Gasteiger partial charge in [-0.3, -0.25) is 14.6 Å². The van der Waals surface area contributed by atoms with Gasteiger partial charge in [-0.2, -0.15) is 0 Å². The molecular weight excluding hydrogens is 463 g/mol. The number of ether oxygens (including phenoxy) is 1. The molecule has 0 radical (unpaired) electrons. The first-order valence-electron chi connectivity index (χ1n) is 10.0. The number of nitrogen functional groups attached to an aromatic ring is 1. The summed E-state index contributed by atoms with van der Waals surface area (Å²) in [7, 11) is 3.02. The van der Waals surface area contributed by atoms with E-state index in [1.807, 2.05) is 16.7 Å². The number of carbonyl (C=O) groups is 2. The number of carbonyl (C=O) groups excluding carboxylic acids is 2. The van der Waals surface area contributed by atoms with Crippen molar-refractivity contribution in [1.29, 1.82) is 0 Å². The molecule has 0 bridgehead atoms. The van der Waals surface area contributed by atoms with E-state index in [-0.39, 0.29) is 10.6 Å². The number of rotatable bonds is 6. The molecule has 2 aromatic carbocycles. The topological polar surface area (TPSA) is 98.7 Å². The predicted octanol–water partition coefficient (Wildman–Crippen LogP) is 4.76. The van der Waals surface area contributed by atoms with Gasteiger partial charge in [-0.05, 0) is 43.7 Å². The van der Waals surface area contributed by atoms with Crippen molar-refractivity contribution in [3.8, 4) is 0 Å². The zero-order valence-electron chi connectivity index (χ0n) is 18.7. The van der Waals surface area contributed by atoms with E-state index in [0.717, 1.165) is 5.56 Å². The van der Waals surface area contributed by atoms with Gasteiger partial charge in [-0.25, -0.2) is 0 Å². The summed E-state index contributed by atoms with van der Waals surface area (Å²) in [6.45, 7) is 3.87. The standard InChI is InChI=1S/C24H24Cl2N4O3/c1-13(11-19(28-3)33-4)29-24(32)23(31)20-14(2)30(12-15-5-7-16(25)8-6-15)18-10-9-17(27)22(26)21(18)20/h5-11H,12,27H2,1-4H3,(H,29,32). The number of aromatic nitrogens is 1. The molecule has 0 saturated heterocycles. The minimum absolute atomic E-state index is 0.206. The van der Waals surface area contributed by atoms with Crippen molar-refractivity contribution >= 4 is 57.4 Å². The van der Waals surface area contributed by atoms with Gasteiger partial charge in [-0.15, -0.1) is 0 Å². The Hall–Kier alpha value is -3.29. The smallest absolute Gasteiger partial charge is 0.296 e. The summed E-state index contributed by atoms with van der Waals surface area (Å²) in [4.78, 5) is 30.0. The Kier molecular flexibility index (Phi) is 7.46. The van der Waals surface area contributed by atoms with Gasteiger partial charge >= 0.3 is 0 Å². The van der Waals surface area contributed by atoms with Crippen LogP contribution in [-0.4, -0.2) is 36.3 Å². The molecule has 1 amide bonds. The average molecular weight is 487 g/mol. The van der Waals surface area contributed by atoms with Gasteiger partial charge in [0.15, 0.2) is 0 Å². The molecule has 0 spiro atoms. The number of allylic oxidation sites excluding steroid dienone is 1. The third-order valence-electron chi connectivity index (χ3n) is 5.22. The van der Waals surface area contributed by atoms with Gasteiger partial charge in [0.25, 0.3) is 11.7 Å². The molecule has 0 saturated carbocycles. The minimum atomic E-state index is -0.803. The number of ketones is 1. The molecule has 7 nitrogen and oxygen atoms in total. The number of anilines is 1. The van der Waals surface area contributed by atoms with Gasteiger partial charge in [-0.1, -0.05) is 35.3 Å². The largest absolute Gasteiger partial charge is 0.481 e. The quantitative estimate of drug-likeness (QED) is 0.172. The molecule has 3 rings (SSSR count). The predicted molar refractivity (Wildman–Crippen MR) is 133 cm³/mol. The molecule has 0 aliphatic carbocycles. The Bertz CT molecular complexity index is 1290. The molecule has 172 valence electrons. The summed E-state index contributed by atoms with van der Waals surface area (Å²) in [5.41, 5.74) is 9.23. The van der Waals surface area contributed by atoms with Crippen LogP contribution < -0.4 is 11.1 Å². The molecule has 3 N–H and O–H groups in total. The fourth-order valence-corrected chi connectivity index (χ4v) is 3.96. The van der Waals surface area contributed by atoms with E-state index < -0.39 is 11.7 Å². The van der Waals surface area contributed by atoms with Crippen molar-refractivity contribution in [1.82, 2.24) is 9.88 Å². The lowest BCUT2D eigenvalue weighted by molar-refractivity contribution is -0.116. The first-order valence-corrected chi connectivity index (χ1v) is 10.8. The Labute approximate surface area is 201 Å². The number of benzene rings is 2. The third kappa shape index (κ3) is 5.05. The molecule has 0 aliphatic heterocycles. The Morgan fingerprint density at radius 1 is 1.18 bits per heavy atom. The number of nitrogens with two attached hydrogens (primary N) is 1. The molecule has 1 heterocycles. The van der Waals surface area contributed by atoms with E-state index in [0.29, 0.717) is 45.4 Å². The monoisotopic (exact) mass is 486 g/mol. The maximum Gasteiger partial charge on any atom is 0.296 e. The van der Waals surface area contributed by atoms with Crippen LogP contribution in [-0.2, 0) is 16.1 Å². The number of hydrogen-bond acceptors (Lipinski definition) is 5. The summed E-state index contributed by atoms with van der Waals surface area (Å²) in [5.74, 6) is -1.21. The number of methoxy groups -OCH3 is 1. The molecule has 33 heavy (non-hydrogen) atoms. The Balaban J connectivity index is 2.07. The molecule has 9 heteroatoms. The van der Waals surface area contributed by atoms with Crippen molar-refractivity contribution in [3.63, 3.8) is 0 Å². The van der Waals surface area contributed by atoms with Crippen LogP contribution >= 0.6 is 23.2 Å². The zero-order valence-corrected chi connectivity index (χ0v) is 20.2. The van der Waals surface area contributed by atoms with Crippen molar-refractivity contribution in [2.75, 3.05) is 19.9 Å². The van der Waals surface area contributed by atoms with E-state index in [1.165, 1.54) is 13.2 Å². The summed E-state index contributed by atoms with van der Waals surface area (Å²) in [6.07, 6.45) is 1.52. The average Bonchev–Trinajstić information content (AvgIpc) is 3.07. The lowest BCUT2D eigenvalue weighted by atomic mass is 10.1. The van der Waals surface area contributed by atoms with Crippen molar-refractivity contribution in [2.45, 2.75) is 20.4 Å². The maximum atomic E-state index is 13.3. The molecule has 0 aliphatic rings. The van der Waals surface area contributed by atoms with E-state index in [2.05, 4.69) is 10.3 Å². The van der Waals surface area contributed by atoms with Crippen LogP contribution in [0.2, 0.25) is 10.0 Å². The highest BCUT2D eigenvalue weighted by atomic mass is 35.5. The number of Topliss-reactive ketones (excluding diaryl/α,β-unsaturated/α-hetero) is 1. The van der Waals surface area contributed by atoms with Gasteiger partial charge in [0.1, 0.15) is 0 Å². The Morgan fingerprint density at radius 2 is 1.85 bits per heavy atom. The summed E-state index contributed by atoms with van der Waals surface area (Å²) < 4.78 is 6.99. The van der Waals surface area contributed by atoms with E-state index in [1.54, 1.807) is 45.2 Å². The highest BCUT2D eigenvalue weighted by Crippen LogP contribution is 2.36. The lowest BCUT2D eigenvalue weighted by Gasteiger charge is -2.10. The second kappa shape index (κ2) is 10.1. The minimum Gasteiger partial charge on any atom is -0.481 e. The molecular formula is C24H24Cl2N4O3. The third-order valence-corrected chi connectivity index (χ3v) is 5.88. The zero-order chi connectivity index (χ0) is 24.3. The SMILES string of the molecule is CN=C(C=C(C)NC(=O)C(=O)c1c(C)n(Cc2ccc(Cl)cc2)c2ccc(N)c(Cl)c12)OC. The van der Waals surface area contributed by atoms with Gasteiger partial charge in [0.05, 0.1) is 28.9 Å². The summed E-state index contributed by atoms with van der Waals surface area (Å²) in [5, 5.41) is 3.88. The fraction of sp³-hybridized carbons (Fsp3) is 0.208. The number of nitrogens with zero attached hydrogens (tertiary/aromatic N) is 2. The van der Waals surface area contributed by atoms with Crippen LogP contribution in [0.4, 0.5) is 5.69 Å². The fourth-order valence-electron chi connectivity index (χ4n) is 3.58. The van der Waals surface area contributed by atoms with Crippen LogP contribution in [0.5, 0.6) is 0 Å². The molecule has 3 aromatic rings. The number of hydrogen-bond donors (Lipinski definition) is 2. The van der Waals surface area contributed by atoms with E-state index in [9.17, 15) is 9.59 Å². The first-order chi connectivity index (χ1) is 15.7. The molecule has 0 atom stereocenters. The van der Waals surface area contributed by atoms with Gasteiger partial charge in [0.2, 0.25) is 5.90 Å². The van der Waals surface area contributed by atoms with E-state index in [4.69, 9.17) is 33.7 Å². The van der Waals surface area contributed by atoms with Gasteiger partial charge < -0.3 is 20.4 Å². The molecule has 1 aromatic heterocycles. The van der Waals surface area contributed by atoms with Crippen molar-refractivity contribution in [2.24, 2.45) is 4.99 Å². The lowest BCUT2D eigenvalue weighted by Crippen LogP contribution is -2.30. The number of nitrogens with one attached hydrogen (secondary N) is 1. The number of fused-ring (bicyclic) bond motifs is 1. The molecule has 0 unspecified atom stereocenters. The highest BCUT2D eigenvalue weighted by molar-refractivity contribution is 6.48. The van der Waals surface area contributed by atoms with Crippen molar-refractivity contribution < 1.29 is 14.3 Å². The highest BCUT2D eigenvalue weighted by Gasteiger charge is 2.27. The number of halogens is 2. The first kappa shape index (κ1) is 24.4. The summed E-state index contributed by atoms with van der Waals surface area (Å²) >= 11 is 12.5. The summed E-state index contributed by atoms with van der Waals surface area (Å²) in [6, 6.07) is 10.9. The van der Waals surface area contributed by atoms with Crippen LogP contribution in [0.3, 0.4) is 0 Å². The maximum absolute atomic E-state index is 13.3.